The molecule has 0 saturated carbocycles. The first-order valence-corrected chi connectivity index (χ1v) is 8.46. The molecule has 0 heterocycles. The van der Waals surface area contributed by atoms with Gasteiger partial charge >= 0.3 is 0 Å². The summed E-state index contributed by atoms with van der Waals surface area (Å²) in [6.07, 6.45) is 0.294. The number of anilines is 2. The highest BCUT2D eigenvalue weighted by Crippen LogP contribution is 2.39. The van der Waals surface area contributed by atoms with E-state index in [2.05, 4.69) is 10.6 Å². The fourth-order valence-corrected chi connectivity index (χ4v) is 2.58. The van der Waals surface area contributed by atoms with E-state index >= 15 is 0 Å². The van der Waals surface area contributed by atoms with Crippen molar-refractivity contribution >= 4 is 28.9 Å². The van der Waals surface area contributed by atoms with Crippen LogP contribution in [0.15, 0.2) is 30.3 Å². The second-order valence-corrected chi connectivity index (χ2v) is 6.01. The lowest BCUT2D eigenvalue weighted by molar-refractivity contribution is -0.115. The maximum absolute atomic E-state index is 12.1. The van der Waals surface area contributed by atoms with Gasteiger partial charge in [0.15, 0.2) is 11.5 Å². The lowest BCUT2D eigenvalue weighted by Gasteiger charge is -2.15. The predicted octanol–water partition coefficient (Wildman–Crippen LogP) is 4.11. The van der Waals surface area contributed by atoms with Gasteiger partial charge in [0.05, 0.1) is 21.3 Å². The Hall–Kier alpha value is -2.60. The number of nitrogens with one attached hydrogen (secondary N) is 2. The molecule has 0 fully saturated rings. The van der Waals surface area contributed by atoms with Gasteiger partial charge in [0.25, 0.3) is 0 Å². The van der Waals surface area contributed by atoms with Crippen LogP contribution in [0.1, 0.15) is 12.0 Å². The van der Waals surface area contributed by atoms with Crippen molar-refractivity contribution in [2.24, 2.45) is 0 Å². The van der Waals surface area contributed by atoms with Crippen molar-refractivity contribution in [3.05, 3.63) is 40.9 Å². The zero-order valence-corrected chi connectivity index (χ0v) is 16.1. The average Bonchev–Trinajstić information content (AvgIpc) is 2.63. The molecule has 0 aliphatic carbocycles. The second-order valence-electron chi connectivity index (χ2n) is 5.60. The Balaban J connectivity index is 1.94. The molecule has 0 atom stereocenters. The SMILES string of the molecule is COc1cc(NCCC(=O)Nc2ccc(C)c(Cl)c2)cc(OC)c1OC. The van der Waals surface area contributed by atoms with E-state index in [9.17, 15) is 4.79 Å². The summed E-state index contributed by atoms with van der Waals surface area (Å²) < 4.78 is 15.9. The molecule has 0 spiro atoms. The minimum Gasteiger partial charge on any atom is -0.493 e. The third kappa shape index (κ3) is 4.95. The molecule has 2 N–H and O–H groups in total. The monoisotopic (exact) mass is 378 g/mol. The largest absolute Gasteiger partial charge is 0.493 e. The second kappa shape index (κ2) is 9.20. The molecule has 1 amide bonds. The summed E-state index contributed by atoms with van der Waals surface area (Å²) in [6, 6.07) is 9.01. The molecule has 0 aromatic heterocycles. The molecular weight excluding hydrogens is 356 g/mol. The third-order valence-corrected chi connectivity index (χ3v) is 4.21. The van der Waals surface area contributed by atoms with Gasteiger partial charge in [0.1, 0.15) is 0 Å². The van der Waals surface area contributed by atoms with E-state index in [4.69, 9.17) is 25.8 Å². The van der Waals surface area contributed by atoms with E-state index in [1.165, 1.54) is 0 Å². The summed E-state index contributed by atoms with van der Waals surface area (Å²) >= 11 is 6.07. The Labute approximate surface area is 158 Å². The van der Waals surface area contributed by atoms with Gasteiger partial charge in [-0.15, -0.1) is 0 Å². The van der Waals surface area contributed by atoms with Gasteiger partial charge in [-0.05, 0) is 24.6 Å². The minimum atomic E-state index is -0.107. The van der Waals surface area contributed by atoms with Crippen LogP contribution in [0.5, 0.6) is 17.2 Å². The molecule has 0 aliphatic rings. The number of benzene rings is 2. The van der Waals surface area contributed by atoms with Crippen molar-refractivity contribution < 1.29 is 19.0 Å². The molecule has 2 rings (SSSR count). The first-order valence-electron chi connectivity index (χ1n) is 8.08. The lowest BCUT2D eigenvalue weighted by atomic mass is 10.2. The molecule has 0 bridgehead atoms. The van der Waals surface area contributed by atoms with Gasteiger partial charge < -0.3 is 24.8 Å². The number of methoxy groups -OCH3 is 3. The number of aryl methyl sites for hydroxylation is 1. The smallest absolute Gasteiger partial charge is 0.226 e. The van der Waals surface area contributed by atoms with Crippen LogP contribution in [-0.4, -0.2) is 33.8 Å². The summed E-state index contributed by atoms with van der Waals surface area (Å²) in [5.74, 6) is 1.51. The maximum Gasteiger partial charge on any atom is 0.226 e. The minimum absolute atomic E-state index is 0.107. The van der Waals surface area contributed by atoms with Crippen molar-refractivity contribution in [1.82, 2.24) is 0 Å². The van der Waals surface area contributed by atoms with Gasteiger partial charge in [-0.1, -0.05) is 17.7 Å². The Morgan fingerprint density at radius 2 is 1.65 bits per heavy atom. The Morgan fingerprint density at radius 3 is 2.19 bits per heavy atom. The molecule has 140 valence electrons. The number of ether oxygens (including phenoxy) is 3. The van der Waals surface area contributed by atoms with E-state index in [0.29, 0.717) is 40.9 Å². The zero-order chi connectivity index (χ0) is 19.1. The van der Waals surface area contributed by atoms with Crippen molar-refractivity contribution in [1.29, 1.82) is 0 Å². The number of hydrogen-bond donors (Lipinski definition) is 2. The number of hydrogen-bond acceptors (Lipinski definition) is 5. The highest BCUT2D eigenvalue weighted by Gasteiger charge is 2.13. The number of rotatable bonds is 8. The maximum atomic E-state index is 12.1. The molecule has 0 saturated heterocycles. The molecule has 2 aromatic carbocycles. The first kappa shape index (κ1) is 19.7. The van der Waals surface area contributed by atoms with E-state index in [1.54, 1.807) is 39.5 Å². The van der Waals surface area contributed by atoms with Gasteiger partial charge in [-0.25, -0.2) is 0 Å². The molecular formula is C19H23ClN2O4. The van der Waals surface area contributed by atoms with Crippen molar-refractivity contribution in [2.45, 2.75) is 13.3 Å². The highest BCUT2D eigenvalue weighted by atomic mass is 35.5. The topological polar surface area (TPSA) is 68.8 Å². The Morgan fingerprint density at radius 1 is 1.00 bits per heavy atom. The summed E-state index contributed by atoms with van der Waals surface area (Å²) in [4.78, 5) is 12.1. The van der Waals surface area contributed by atoms with Crippen LogP contribution in [0, 0.1) is 6.92 Å². The number of carbonyl (C=O) groups excluding carboxylic acids is 1. The zero-order valence-electron chi connectivity index (χ0n) is 15.3. The summed E-state index contributed by atoms with van der Waals surface area (Å²) in [6.45, 7) is 2.36. The van der Waals surface area contributed by atoms with Crippen LogP contribution < -0.4 is 24.8 Å². The van der Waals surface area contributed by atoms with E-state index in [-0.39, 0.29) is 5.91 Å². The highest BCUT2D eigenvalue weighted by molar-refractivity contribution is 6.31. The van der Waals surface area contributed by atoms with Gasteiger partial charge in [0, 0.05) is 41.5 Å². The molecule has 2 aromatic rings. The molecule has 0 aliphatic heterocycles. The summed E-state index contributed by atoms with van der Waals surface area (Å²) in [7, 11) is 4.66. The van der Waals surface area contributed by atoms with Gasteiger partial charge in [0.2, 0.25) is 11.7 Å². The Kier molecular flexibility index (Phi) is 6.97. The summed E-state index contributed by atoms with van der Waals surface area (Å²) in [5, 5.41) is 6.63. The van der Waals surface area contributed by atoms with E-state index in [0.717, 1.165) is 11.3 Å². The van der Waals surface area contributed by atoms with Crippen LogP contribution in [-0.2, 0) is 4.79 Å². The fourth-order valence-electron chi connectivity index (χ4n) is 2.40. The van der Waals surface area contributed by atoms with Crippen LogP contribution in [0.4, 0.5) is 11.4 Å². The van der Waals surface area contributed by atoms with E-state index < -0.39 is 0 Å². The third-order valence-electron chi connectivity index (χ3n) is 3.80. The molecule has 0 radical (unpaired) electrons. The molecule has 26 heavy (non-hydrogen) atoms. The quantitative estimate of drug-likeness (QED) is 0.723. The van der Waals surface area contributed by atoms with E-state index in [1.807, 2.05) is 19.1 Å². The molecule has 7 heteroatoms. The average molecular weight is 379 g/mol. The molecule has 0 unspecified atom stereocenters. The first-order chi connectivity index (χ1) is 12.5. The van der Waals surface area contributed by atoms with Crippen LogP contribution >= 0.6 is 11.6 Å². The van der Waals surface area contributed by atoms with Crippen LogP contribution in [0.25, 0.3) is 0 Å². The standard InChI is InChI=1S/C19H23ClN2O4/c1-12-5-6-13(9-15(12)20)22-18(23)7-8-21-14-10-16(24-2)19(26-4)17(11-14)25-3/h5-6,9-11,21H,7-8H2,1-4H3,(H,22,23). The lowest BCUT2D eigenvalue weighted by Crippen LogP contribution is -2.16. The predicted molar refractivity (Wildman–Crippen MR) is 104 cm³/mol. The normalized spacial score (nSPS) is 10.2. The van der Waals surface area contributed by atoms with Crippen molar-refractivity contribution in [2.75, 3.05) is 38.5 Å². The van der Waals surface area contributed by atoms with Crippen molar-refractivity contribution in [3.63, 3.8) is 0 Å². The molecule has 6 nitrogen and oxygen atoms in total. The van der Waals surface area contributed by atoms with Gasteiger partial charge in [-0.3, -0.25) is 4.79 Å². The number of carbonyl (C=O) groups is 1. The Bertz CT molecular complexity index is 755. The number of halogens is 1. The summed E-state index contributed by atoms with van der Waals surface area (Å²) in [5.41, 5.74) is 2.41. The van der Waals surface area contributed by atoms with Crippen molar-refractivity contribution in [3.8, 4) is 17.2 Å². The van der Waals surface area contributed by atoms with Crippen LogP contribution in [0.3, 0.4) is 0 Å². The fraction of sp³-hybridized carbons (Fsp3) is 0.316. The van der Waals surface area contributed by atoms with Gasteiger partial charge in [-0.2, -0.15) is 0 Å². The number of amides is 1. The van der Waals surface area contributed by atoms with Crippen LogP contribution in [0.2, 0.25) is 5.02 Å².